The third-order valence-corrected chi connectivity index (χ3v) is 12.5. The fraction of sp³-hybridized carbons (Fsp3) is 0.292. The van der Waals surface area contributed by atoms with Crippen molar-refractivity contribution in [1.29, 1.82) is 0 Å². The van der Waals surface area contributed by atoms with E-state index >= 15 is 0 Å². The monoisotopic (exact) mass is 877 g/mol. The maximum Gasteiger partial charge on any atom is 0.262 e. The topological polar surface area (TPSA) is 227 Å². The summed E-state index contributed by atoms with van der Waals surface area (Å²) in [6.07, 6.45) is 3.41. The average molecular weight is 878 g/mol. The summed E-state index contributed by atoms with van der Waals surface area (Å²) < 4.78 is 7.88. The van der Waals surface area contributed by atoms with Crippen LogP contribution in [-0.2, 0) is 25.6 Å². The number of aryl methyl sites for hydroxylation is 1. The number of nitrogens with one attached hydrogen (secondary N) is 4. The number of carbonyl (C=O) groups excluding carboxylic acids is 7. The number of fused-ring (bicyclic) bond motifs is 2. The van der Waals surface area contributed by atoms with Crippen molar-refractivity contribution in [3.63, 3.8) is 0 Å². The van der Waals surface area contributed by atoms with Crippen LogP contribution in [0.15, 0.2) is 97.1 Å². The van der Waals surface area contributed by atoms with Crippen molar-refractivity contribution < 1.29 is 38.3 Å². The molecule has 4 aromatic carbocycles. The number of amides is 7. The smallest absolute Gasteiger partial charge is 0.262 e. The Bertz CT molecular complexity index is 2690. The van der Waals surface area contributed by atoms with Crippen molar-refractivity contribution >= 4 is 58.5 Å². The molecule has 17 heteroatoms. The molecule has 5 aromatic rings. The molecular formula is C48H47N9O8. The number of carbonyl (C=O) groups is 7. The molecule has 0 spiro atoms. The number of para-hydroxylation sites is 1. The highest BCUT2D eigenvalue weighted by Gasteiger charge is 2.45. The highest BCUT2D eigenvalue weighted by Crippen LogP contribution is 2.40. The largest absolute Gasteiger partial charge is 0.457 e. The van der Waals surface area contributed by atoms with Crippen molar-refractivity contribution in [2.75, 3.05) is 42.1 Å². The normalized spacial score (nSPS) is 18.3. The number of hydrogen-bond donors (Lipinski definition) is 5. The number of benzene rings is 4. The van der Waals surface area contributed by atoms with E-state index in [1.807, 2.05) is 76.3 Å². The zero-order valence-electron chi connectivity index (χ0n) is 35.4. The van der Waals surface area contributed by atoms with Gasteiger partial charge in [0.25, 0.3) is 17.7 Å². The molecule has 9 rings (SSSR count). The van der Waals surface area contributed by atoms with Crippen LogP contribution in [0.5, 0.6) is 11.5 Å². The van der Waals surface area contributed by atoms with Crippen LogP contribution in [0.3, 0.4) is 0 Å². The SMILES string of the molecule is NC(=O)c1c(-c2ccc(Oc3ccccc3)cc2)nn2c1NCC[C@H]2C1CCN(C(=O)CCc2ccc(NC(=O)CNc3ccc4c(c3)C(=O)N(C3CCC(=O)NC3=O)C4=O)cc2)CC1. The predicted octanol–water partition coefficient (Wildman–Crippen LogP) is 5.12. The minimum atomic E-state index is -1.06. The number of hydrogen-bond acceptors (Lipinski definition) is 11. The molecule has 332 valence electrons. The lowest BCUT2D eigenvalue weighted by Crippen LogP contribution is -2.54. The van der Waals surface area contributed by atoms with Gasteiger partial charge >= 0.3 is 0 Å². The van der Waals surface area contributed by atoms with Gasteiger partial charge in [0.15, 0.2) is 0 Å². The van der Waals surface area contributed by atoms with Crippen molar-refractivity contribution in [2.45, 2.75) is 57.0 Å². The molecule has 1 aromatic heterocycles. The number of primary amides is 1. The van der Waals surface area contributed by atoms with Gasteiger partial charge in [0.05, 0.1) is 23.7 Å². The summed E-state index contributed by atoms with van der Waals surface area (Å²) in [5, 5.41) is 16.3. The Morgan fingerprint density at radius 2 is 1.51 bits per heavy atom. The number of aromatic nitrogens is 2. The van der Waals surface area contributed by atoms with E-state index in [0.29, 0.717) is 66.7 Å². The summed E-state index contributed by atoms with van der Waals surface area (Å²) in [4.78, 5) is 91.9. The maximum absolute atomic E-state index is 13.4. The number of piperidine rings is 2. The van der Waals surface area contributed by atoms with Crippen molar-refractivity contribution in [3.8, 4) is 22.8 Å². The number of nitrogens with zero attached hydrogens (tertiary/aromatic N) is 4. The lowest BCUT2D eigenvalue weighted by atomic mass is 9.86. The standard InChI is InChI=1S/C48H47N9O8/c49-44(61)42-43(30-9-14-34(15-10-30)65-33-4-2-1-3-5-33)54-57-37(20-23-50-45(42)57)29-21-24-55(25-22-29)41(60)19-8-28-6-11-31(12-7-28)52-40(59)27-51-32-13-16-35-36(26-32)48(64)56(47(35)63)38-17-18-39(58)53-46(38)62/h1-7,9-16,26,29,37-38,50-51H,8,17-25,27H2,(H2,49,61)(H,52,59)(H,53,58,62)/t37-,38?/m0/s1. The van der Waals surface area contributed by atoms with Crippen LogP contribution in [0.4, 0.5) is 17.2 Å². The Labute approximate surface area is 373 Å². The summed E-state index contributed by atoms with van der Waals surface area (Å²) in [6.45, 7) is 1.81. The van der Waals surface area contributed by atoms with Crippen molar-refractivity contribution in [1.82, 2.24) is 24.9 Å². The van der Waals surface area contributed by atoms with E-state index in [1.165, 1.54) is 12.1 Å². The molecule has 65 heavy (non-hydrogen) atoms. The van der Waals surface area contributed by atoms with Gasteiger partial charge in [-0.25, -0.2) is 4.68 Å². The predicted molar refractivity (Wildman–Crippen MR) is 239 cm³/mol. The Kier molecular flexibility index (Phi) is 11.8. The Balaban J connectivity index is 0.739. The lowest BCUT2D eigenvalue weighted by molar-refractivity contribution is -0.136. The second-order valence-corrected chi connectivity index (χ2v) is 16.6. The summed E-state index contributed by atoms with van der Waals surface area (Å²) in [6, 6.07) is 27.8. The van der Waals surface area contributed by atoms with E-state index in [0.717, 1.165) is 41.0 Å². The third-order valence-electron chi connectivity index (χ3n) is 12.5. The molecule has 0 radical (unpaired) electrons. The van der Waals surface area contributed by atoms with Gasteiger partial charge < -0.3 is 31.3 Å². The number of anilines is 3. The number of nitrogens with two attached hydrogens (primary N) is 1. The van der Waals surface area contributed by atoms with Gasteiger partial charge in [0.2, 0.25) is 23.6 Å². The highest BCUT2D eigenvalue weighted by atomic mass is 16.5. The van der Waals surface area contributed by atoms with Gasteiger partial charge in [-0.3, -0.25) is 43.8 Å². The fourth-order valence-corrected chi connectivity index (χ4v) is 9.15. The van der Waals surface area contributed by atoms with Crippen LogP contribution in [0.2, 0.25) is 0 Å². The maximum atomic E-state index is 13.4. The Morgan fingerprint density at radius 1 is 0.800 bits per heavy atom. The van der Waals surface area contributed by atoms with Gasteiger partial charge in [-0.2, -0.15) is 5.10 Å². The molecule has 0 aliphatic carbocycles. The van der Waals surface area contributed by atoms with E-state index in [1.54, 1.807) is 18.2 Å². The molecule has 0 saturated carbocycles. The summed E-state index contributed by atoms with van der Waals surface area (Å²) in [5.41, 5.74) is 9.81. The lowest BCUT2D eigenvalue weighted by Gasteiger charge is -2.38. The van der Waals surface area contributed by atoms with Gasteiger partial charge in [0, 0.05) is 49.4 Å². The van der Waals surface area contributed by atoms with Crippen LogP contribution in [0, 0.1) is 5.92 Å². The Hall–Kier alpha value is -7.82. The van der Waals surface area contributed by atoms with E-state index in [-0.39, 0.29) is 54.3 Å². The second kappa shape index (κ2) is 18.1. The molecule has 4 aliphatic rings. The van der Waals surface area contributed by atoms with Crippen LogP contribution in [0.1, 0.15) is 81.2 Å². The summed E-state index contributed by atoms with van der Waals surface area (Å²) in [5.74, 6) is -0.911. The molecule has 17 nitrogen and oxygen atoms in total. The molecule has 2 saturated heterocycles. The molecule has 2 fully saturated rings. The molecule has 0 bridgehead atoms. The van der Waals surface area contributed by atoms with Crippen LogP contribution < -0.4 is 31.7 Å². The zero-order chi connectivity index (χ0) is 45.2. The second-order valence-electron chi connectivity index (χ2n) is 16.6. The van der Waals surface area contributed by atoms with Gasteiger partial charge in [-0.05, 0) is 110 Å². The molecule has 4 aliphatic heterocycles. The van der Waals surface area contributed by atoms with Crippen LogP contribution >= 0.6 is 0 Å². The number of ether oxygens (including phenoxy) is 1. The third kappa shape index (κ3) is 8.89. The first kappa shape index (κ1) is 42.5. The quantitative estimate of drug-likeness (QED) is 0.0976. The molecule has 7 amide bonds. The number of rotatable bonds is 13. The first-order valence-electron chi connectivity index (χ1n) is 21.8. The average Bonchev–Trinajstić information content (AvgIpc) is 3.83. The molecule has 6 N–H and O–H groups in total. The first-order chi connectivity index (χ1) is 31.5. The zero-order valence-corrected chi connectivity index (χ0v) is 35.4. The van der Waals surface area contributed by atoms with Crippen LogP contribution in [-0.4, -0.2) is 93.2 Å². The molecule has 5 heterocycles. The first-order valence-corrected chi connectivity index (χ1v) is 21.8. The van der Waals surface area contributed by atoms with Crippen molar-refractivity contribution in [2.24, 2.45) is 11.7 Å². The summed E-state index contributed by atoms with van der Waals surface area (Å²) in [7, 11) is 0. The van der Waals surface area contributed by atoms with Gasteiger partial charge in [-0.1, -0.05) is 30.3 Å². The van der Waals surface area contributed by atoms with Gasteiger partial charge in [-0.15, -0.1) is 0 Å². The van der Waals surface area contributed by atoms with Crippen molar-refractivity contribution in [3.05, 3.63) is 119 Å². The van der Waals surface area contributed by atoms with E-state index in [9.17, 15) is 33.6 Å². The van der Waals surface area contributed by atoms with E-state index in [2.05, 4.69) is 21.3 Å². The number of likely N-dealkylation sites (tertiary alicyclic amines) is 1. The molecule has 1 unspecified atom stereocenters. The van der Waals surface area contributed by atoms with Crippen LogP contribution in [0.25, 0.3) is 11.3 Å². The van der Waals surface area contributed by atoms with Gasteiger partial charge in [0.1, 0.15) is 34.6 Å². The minimum Gasteiger partial charge on any atom is -0.457 e. The Morgan fingerprint density at radius 3 is 2.23 bits per heavy atom. The highest BCUT2D eigenvalue weighted by molar-refractivity contribution is 6.23. The van der Waals surface area contributed by atoms with E-state index in [4.69, 9.17) is 15.6 Å². The minimum absolute atomic E-state index is 0.0274. The molecule has 2 atom stereocenters. The number of imide groups is 2. The van der Waals surface area contributed by atoms with E-state index < -0.39 is 35.6 Å². The summed E-state index contributed by atoms with van der Waals surface area (Å²) >= 11 is 0. The fourth-order valence-electron chi connectivity index (χ4n) is 9.15. The molecular weight excluding hydrogens is 831 g/mol.